The number of ether oxygens (including phenoxy) is 1. The van der Waals surface area contributed by atoms with Crippen LogP contribution in [0.4, 0.5) is 0 Å². The zero-order valence-corrected chi connectivity index (χ0v) is 16.4. The van der Waals surface area contributed by atoms with Crippen LogP contribution >= 0.6 is 11.3 Å². The van der Waals surface area contributed by atoms with Crippen LogP contribution in [0.1, 0.15) is 50.4 Å². The third-order valence-corrected chi connectivity index (χ3v) is 6.28. The van der Waals surface area contributed by atoms with Crippen LogP contribution in [0.5, 0.6) is 5.75 Å². The topological polar surface area (TPSA) is 56.1 Å². The number of hydrogen-bond donors (Lipinski definition) is 1. The second-order valence-corrected chi connectivity index (χ2v) is 7.98. The Hall–Kier alpha value is -2.60. The zero-order valence-electron chi connectivity index (χ0n) is 15.6. The highest BCUT2D eigenvalue weighted by Crippen LogP contribution is 2.31. The minimum Gasteiger partial charge on any atom is -0.497 e. The van der Waals surface area contributed by atoms with Gasteiger partial charge < -0.3 is 14.6 Å². The number of methoxy groups -OCH3 is 1. The first kappa shape index (κ1) is 17.8. The van der Waals surface area contributed by atoms with Crippen LogP contribution in [0.15, 0.2) is 42.7 Å². The summed E-state index contributed by atoms with van der Waals surface area (Å²) in [5.41, 5.74) is 2.28. The van der Waals surface area contributed by atoms with Gasteiger partial charge in [-0.1, -0.05) is 12.1 Å². The van der Waals surface area contributed by atoms with Gasteiger partial charge in [-0.15, -0.1) is 11.3 Å². The van der Waals surface area contributed by atoms with Crippen molar-refractivity contribution in [3.8, 4) is 5.75 Å². The molecule has 27 heavy (non-hydrogen) atoms. The van der Waals surface area contributed by atoms with E-state index in [1.807, 2.05) is 42.1 Å². The molecule has 1 unspecified atom stereocenters. The number of nitrogens with one attached hydrogen (secondary N) is 1. The number of nitrogens with zero attached hydrogens (tertiary/aromatic N) is 2. The predicted octanol–water partition coefficient (Wildman–Crippen LogP) is 3.89. The van der Waals surface area contributed by atoms with Crippen molar-refractivity contribution >= 4 is 17.2 Å². The van der Waals surface area contributed by atoms with Crippen LogP contribution in [0.3, 0.4) is 0 Å². The Morgan fingerprint density at radius 2 is 2.15 bits per heavy atom. The quantitative estimate of drug-likeness (QED) is 0.729. The number of rotatable bonds is 5. The van der Waals surface area contributed by atoms with Gasteiger partial charge in [-0.25, -0.2) is 4.98 Å². The smallest absolute Gasteiger partial charge is 0.262 e. The van der Waals surface area contributed by atoms with Crippen LogP contribution in [0.2, 0.25) is 0 Å². The van der Waals surface area contributed by atoms with Crippen LogP contribution in [-0.2, 0) is 19.9 Å². The summed E-state index contributed by atoms with van der Waals surface area (Å²) in [4.78, 5) is 19.7. The number of aryl methyl sites for hydroxylation is 3. The van der Waals surface area contributed by atoms with Crippen molar-refractivity contribution in [2.24, 2.45) is 7.05 Å². The van der Waals surface area contributed by atoms with Crippen LogP contribution < -0.4 is 10.1 Å². The van der Waals surface area contributed by atoms with Crippen LogP contribution in [0.25, 0.3) is 0 Å². The predicted molar refractivity (Wildman–Crippen MR) is 106 cm³/mol. The maximum Gasteiger partial charge on any atom is 0.262 e. The van der Waals surface area contributed by atoms with E-state index < -0.39 is 0 Å². The fourth-order valence-corrected chi connectivity index (χ4v) is 4.73. The molecule has 0 radical (unpaired) electrons. The van der Waals surface area contributed by atoms with Crippen molar-refractivity contribution in [1.29, 1.82) is 0 Å². The second-order valence-electron chi connectivity index (χ2n) is 6.85. The Kier molecular flexibility index (Phi) is 4.99. The van der Waals surface area contributed by atoms with E-state index in [1.54, 1.807) is 24.6 Å². The lowest BCUT2D eigenvalue weighted by Gasteiger charge is -2.19. The lowest BCUT2D eigenvalue weighted by atomic mass is 9.99. The van der Waals surface area contributed by atoms with Crippen molar-refractivity contribution < 1.29 is 9.53 Å². The highest BCUT2D eigenvalue weighted by molar-refractivity contribution is 7.14. The second kappa shape index (κ2) is 7.56. The van der Waals surface area contributed by atoms with Gasteiger partial charge in [0.1, 0.15) is 17.6 Å². The van der Waals surface area contributed by atoms with Gasteiger partial charge >= 0.3 is 0 Å². The van der Waals surface area contributed by atoms with Gasteiger partial charge in [0.15, 0.2) is 0 Å². The Morgan fingerprint density at radius 1 is 1.30 bits per heavy atom. The van der Waals surface area contributed by atoms with E-state index in [0.29, 0.717) is 0 Å². The molecule has 0 fully saturated rings. The molecule has 0 spiro atoms. The molecule has 1 N–H and O–H groups in total. The maximum absolute atomic E-state index is 13.0. The molecule has 0 aliphatic heterocycles. The van der Waals surface area contributed by atoms with E-state index in [-0.39, 0.29) is 11.9 Å². The number of benzene rings is 1. The Morgan fingerprint density at radius 3 is 2.89 bits per heavy atom. The molecule has 4 rings (SSSR count). The van der Waals surface area contributed by atoms with Crippen molar-refractivity contribution in [2.75, 3.05) is 7.11 Å². The highest BCUT2D eigenvalue weighted by atomic mass is 32.1. The normalized spacial score (nSPS) is 14.4. The van der Waals surface area contributed by atoms with Crippen molar-refractivity contribution in [3.05, 3.63) is 69.4 Å². The van der Waals surface area contributed by atoms with E-state index >= 15 is 0 Å². The van der Waals surface area contributed by atoms with Crippen molar-refractivity contribution in [2.45, 2.75) is 31.7 Å². The number of hydrogen-bond acceptors (Lipinski definition) is 4. The van der Waals surface area contributed by atoms with Crippen LogP contribution in [0, 0.1) is 0 Å². The summed E-state index contributed by atoms with van der Waals surface area (Å²) in [6.45, 7) is 0. The number of fused-ring (bicyclic) bond motifs is 1. The standard InChI is InChI=1S/C21H23N3O2S/c1-24-11-10-22-20(24)19(15-7-5-8-16(12-15)26-2)23-21(25)18-13-14-6-3-4-9-17(14)27-18/h5,7-8,10-13,19H,3-4,6,9H2,1-2H3,(H,23,25). The summed E-state index contributed by atoms with van der Waals surface area (Å²) in [7, 11) is 3.58. The average Bonchev–Trinajstić information content (AvgIpc) is 3.32. The molecule has 5 nitrogen and oxygen atoms in total. The number of carbonyl (C=O) groups excluding carboxylic acids is 1. The van der Waals surface area contributed by atoms with E-state index in [2.05, 4.69) is 16.4 Å². The molecule has 1 aliphatic carbocycles. The third kappa shape index (κ3) is 3.62. The molecule has 1 aromatic carbocycles. The molecule has 6 heteroatoms. The maximum atomic E-state index is 13.0. The number of thiophene rings is 1. The van der Waals surface area contributed by atoms with E-state index in [4.69, 9.17) is 4.74 Å². The summed E-state index contributed by atoms with van der Waals surface area (Å²) < 4.78 is 7.29. The Labute approximate surface area is 163 Å². The minimum atomic E-state index is -0.341. The molecule has 3 aromatic rings. The molecule has 0 bridgehead atoms. The minimum absolute atomic E-state index is 0.0507. The SMILES string of the molecule is COc1cccc(C(NC(=O)c2cc3c(s2)CCCC3)c2nccn2C)c1. The van der Waals surface area contributed by atoms with Gasteiger partial charge in [-0.05, 0) is 55.0 Å². The fraction of sp³-hybridized carbons (Fsp3) is 0.333. The molecule has 2 aromatic heterocycles. The van der Waals surface area contributed by atoms with Gasteiger partial charge in [0.05, 0.1) is 12.0 Å². The summed E-state index contributed by atoms with van der Waals surface area (Å²) in [6, 6.07) is 9.48. The van der Waals surface area contributed by atoms with Crippen molar-refractivity contribution in [3.63, 3.8) is 0 Å². The number of amides is 1. The van der Waals surface area contributed by atoms with E-state index in [1.165, 1.54) is 23.3 Å². The van der Waals surface area contributed by atoms with Gasteiger partial charge in [0.25, 0.3) is 5.91 Å². The molecule has 2 heterocycles. The molecule has 140 valence electrons. The number of carbonyl (C=O) groups is 1. The molecule has 1 atom stereocenters. The summed E-state index contributed by atoms with van der Waals surface area (Å²) >= 11 is 1.63. The fourth-order valence-electron chi connectivity index (χ4n) is 3.58. The first-order valence-electron chi connectivity index (χ1n) is 9.19. The van der Waals surface area contributed by atoms with Crippen molar-refractivity contribution in [1.82, 2.24) is 14.9 Å². The number of aromatic nitrogens is 2. The van der Waals surface area contributed by atoms with Gasteiger partial charge in [-0.2, -0.15) is 0 Å². The monoisotopic (exact) mass is 381 g/mol. The Bertz CT molecular complexity index is 936. The van der Waals surface area contributed by atoms with Gasteiger partial charge in [-0.3, -0.25) is 4.79 Å². The molecular weight excluding hydrogens is 358 g/mol. The average molecular weight is 382 g/mol. The lowest BCUT2D eigenvalue weighted by Crippen LogP contribution is -2.30. The summed E-state index contributed by atoms with van der Waals surface area (Å²) in [5.74, 6) is 1.50. The first-order valence-corrected chi connectivity index (χ1v) is 10.0. The largest absolute Gasteiger partial charge is 0.497 e. The zero-order chi connectivity index (χ0) is 18.8. The molecular formula is C21H23N3O2S. The van der Waals surface area contributed by atoms with Crippen LogP contribution in [-0.4, -0.2) is 22.6 Å². The Balaban J connectivity index is 1.65. The highest BCUT2D eigenvalue weighted by Gasteiger charge is 2.24. The third-order valence-electron chi connectivity index (χ3n) is 5.04. The number of imidazole rings is 1. The summed E-state index contributed by atoms with van der Waals surface area (Å²) in [5, 5.41) is 3.19. The molecule has 0 saturated carbocycles. The molecule has 0 saturated heterocycles. The molecule has 1 aliphatic rings. The summed E-state index contributed by atoms with van der Waals surface area (Å²) in [6.07, 6.45) is 8.24. The first-order chi connectivity index (χ1) is 13.2. The van der Waals surface area contributed by atoms with Gasteiger partial charge in [0, 0.05) is 24.3 Å². The van der Waals surface area contributed by atoms with E-state index in [9.17, 15) is 4.79 Å². The lowest BCUT2D eigenvalue weighted by molar-refractivity contribution is 0.0945. The molecule has 1 amide bonds. The van der Waals surface area contributed by atoms with E-state index in [0.717, 1.165) is 34.9 Å². The van der Waals surface area contributed by atoms with Gasteiger partial charge in [0.2, 0.25) is 0 Å².